The number of unbranched alkanes of at least 4 members (excludes halogenated alkanes) is 2. The summed E-state index contributed by atoms with van der Waals surface area (Å²) in [5, 5.41) is 4.59. The monoisotopic (exact) mass is 566 g/mol. The lowest BCUT2D eigenvalue weighted by atomic mass is 9.80. The van der Waals surface area contributed by atoms with Gasteiger partial charge in [-0.2, -0.15) is 0 Å². The largest absolute Gasteiger partial charge is 0.358 e. The first kappa shape index (κ1) is 29.6. The van der Waals surface area contributed by atoms with Crippen LogP contribution in [-0.2, 0) is 23.7 Å². The second kappa shape index (κ2) is 12.2. The normalized spacial score (nSPS) is 21.0. The molecule has 0 spiro atoms. The van der Waals surface area contributed by atoms with Gasteiger partial charge in [0.15, 0.2) is 0 Å². The van der Waals surface area contributed by atoms with Crippen LogP contribution in [0.3, 0.4) is 0 Å². The molecule has 1 N–H and O–H groups in total. The molecule has 2 nitrogen and oxygen atoms in total. The van der Waals surface area contributed by atoms with E-state index in [9.17, 15) is 0 Å². The molecular weight excluding hydrogens is 520 g/mol. The molecule has 3 aliphatic rings. The third-order valence-corrected chi connectivity index (χ3v) is 9.79. The topological polar surface area (TPSA) is 24.4 Å². The molecule has 0 atom stereocenters. The summed E-state index contributed by atoms with van der Waals surface area (Å²) in [7, 11) is 0. The standard InChI is InChI=1S/C38H47ClN2/c1-7-9-12-26-16-20-32-30(24-26)37(3,4)34(40-32)22-18-28-14-11-15-29(36(28)39)19-23-35-38(5,6)31-25-27(13-10-8-2)17-21-33(31)41-35/h16-25,40H,7-15H2,1-6H3/b23-19+,28-18+,34-22-. The number of anilines is 1. The van der Waals surface area contributed by atoms with E-state index >= 15 is 0 Å². The molecular formula is C38H47ClN2. The maximum Gasteiger partial charge on any atom is 0.0674 e. The minimum Gasteiger partial charge on any atom is -0.358 e. The van der Waals surface area contributed by atoms with Gasteiger partial charge in [-0.1, -0.05) is 102 Å². The van der Waals surface area contributed by atoms with Crippen molar-refractivity contribution in [1.82, 2.24) is 0 Å². The fourth-order valence-electron chi connectivity index (χ4n) is 6.39. The van der Waals surface area contributed by atoms with Crippen molar-refractivity contribution in [3.63, 3.8) is 0 Å². The second-order valence-electron chi connectivity index (χ2n) is 13.1. The van der Waals surface area contributed by atoms with Crippen LogP contribution in [0.4, 0.5) is 11.4 Å². The van der Waals surface area contributed by atoms with Crippen molar-refractivity contribution in [3.05, 3.63) is 105 Å². The van der Waals surface area contributed by atoms with Gasteiger partial charge in [0.1, 0.15) is 0 Å². The summed E-state index contributed by atoms with van der Waals surface area (Å²) in [6.07, 6.45) is 19.2. The maximum absolute atomic E-state index is 7.05. The van der Waals surface area contributed by atoms with E-state index in [4.69, 9.17) is 16.6 Å². The minimum absolute atomic E-state index is 0.0557. The van der Waals surface area contributed by atoms with E-state index in [0.717, 1.165) is 48.5 Å². The Hall–Kier alpha value is -2.84. The van der Waals surface area contributed by atoms with Gasteiger partial charge in [0.2, 0.25) is 0 Å². The van der Waals surface area contributed by atoms with Gasteiger partial charge in [0, 0.05) is 27.2 Å². The molecule has 2 aliphatic heterocycles. The second-order valence-corrected chi connectivity index (χ2v) is 13.5. The summed E-state index contributed by atoms with van der Waals surface area (Å²) in [4.78, 5) is 5.03. The van der Waals surface area contributed by atoms with Crippen molar-refractivity contribution < 1.29 is 0 Å². The number of benzene rings is 2. The SMILES string of the molecule is CCCCc1ccc2c(c1)C(C)(C)C(/C=C/C1=C(Cl)C(=C/C=C3\Nc4ccc(CCCC)cc4C3(C)C)/CCC1)=N2. The summed E-state index contributed by atoms with van der Waals surface area (Å²) in [5.74, 6) is 0. The van der Waals surface area contributed by atoms with Crippen LogP contribution in [0.2, 0.25) is 0 Å². The Morgan fingerprint density at radius 3 is 2.22 bits per heavy atom. The van der Waals surface area contributed by atoms with E-state index in [2.05, 4.69) is 108 Å². The minimum atomic E-state index is -0.107. The summed E-state index contributed by atoms with van der Waals surface area (Å²) in [6, 6.07) is 13.8. The summed E-state index contributed by atoms with van der Waals surface area (Å²) >= 11 is 7.05. The van der Waals surface area contributed by atoms with Crippen LogP contribution in [0, 0.1) is 0 Å². The molecule has 2 aromatic carbocycles. The lowest BCUT2D eigenvalue weighted by Crippen LogP contribution is -2.24. The molecule has 0 aromatic heterocycles. The Balaban J connectivity index is 1.35. The molecule has 0 saturated heterocycles. The molecule has 41 heavy (non-hydrogen) atoms. The Bertz CT molecular complexity index is 1460. The third-order valence-electron chi connectivity index (χ3n) is 9.30. The molecule has 2 heterocycles. The highest BCUT2D eigenvalue weighted by atomic mass is 35.5. The number of hydrogen-bond donors (Lipinski definition) is 1. The van der Waals surface area contributed by atoms with Crippen molar-refractivity contribution in [2.45, 2.75) is 110 Å². The number of rotatable bonds is 9. The zero-order chi connectivity index (χ0) is 29.2. The molecule has 0 saturated carbocycles. The van der Waals surface area contributed by atoms with E-state index in [-0.39, 0.29) is 10.8 Å². The van der Waals surface area contributed by atoms with Gasteiger partial charge < -0.3 is 5.32 Å². The van der Waals surface area contributed by atoms with Crippen LogP contribution in [0.15, 0.2) is 87.6 Å². The third kappa shape index (κ3) is 6.05. The highest BCUT2D eigenvalue weighted by Crippen LogP contribution is 2.45. The lowest BCUT2D eigenvalue weighted by Gasteiger charge is -2.22. The van der Waals surface area contributed by atoms with E-state index < -0.39 is 0 Å². The zero-order valence-corrected chi connectivity index (χ0v) is 26.7. The maximum atomic E-state index is 7.05. The summed E-state index contributed by atoms with van der Waals surface area (Å²) < 4.78 is 0. The van der Waals surface area contributed by atoms with Gasteiger partial charge in [-0.25, -0.2) is 0 Å². The number of fused-ring (bicyclic) bond motifs is 2. The molecule has 0 bridgehead atoms. The van der Waals surface area contributed by atoms with Crippen molar-refractivity contribution in [1.29, 1.82) is 0 Å². The highest BCUT2D eigenvalue weighted by Gasteiger charge is 2.35. The Kier molecular flexibility index (Phi) is 8.81. The quantitative estimate of drug-likeness (QED) is 0.320. The van der Waals surface area contributed by atoms with Gasteiger partial charge in [-0.3, -0.25) is 4.99 Å². The molecule has 1 aliphatic carbocycles. The van der Waals surface area contributed by atoms with Gasteiger partial charge in [-0.05, 0) is 103 Å². The molecule has 0 unspecified atom stereocenters. The van der Waals surface area contributed by atoms with Crippen LogP contribution >= 0.6 is 11.6 Å². The Morgan fingerprint density at radius 2 is 1.51 bits per heavy atom. The molecule has 2 aromatic rings. The van der Waals surface area contributed by atoms with E-state index in [0.29, 0.717) is 0 Å². The Morgan fingerprint density at radius 1 is 0.829 bits per heavy atom. The molecule has 0 fully saturated rings. The molecule has 0 amide bonds. The fourth-order valence-corrected chi connectivity index (χ4v) is 6.71. The lowest BCUT2D eigenvalue weighted by molar-refractivity contribution is 0.652. The molecule has 216 valence electrons. The van der Waals surface area contributed by atoms with E-state index in [1.54, 1.807) is 0 Å². The smallest absolute Gasteiger partial charge is 0.0674 e. The van der Waals surface area contributed by atoms with Crippen LogP contribution < -0.4 is 5.32 Å². The van der Waals surface area contributed by atoms with Gasteiger partial charge in [0.25, 0.3) is 0 Å². The number of allylic oxidation sites excluding steroid dienone is 8. The number of halogens is 1. The first-order valence-electron chi connectivity index (χ1n) is 15.8. The molecule has 3 heteroatoms. The van der Waals surface area contributed by atoms with Crippen LogP contribution in [0.1, 0.15) is 109 Å². The van der Waals surface area contributed by atoms with Gasteiger partial charge in [-0.15, -0.1) is 0 Å². The first-order chi connectivity index (χ1) is 19.6. The van der Waals surface area contributed by atoms with Gasteiger partial charge >= 0.3 is 0 Å². The average molecular weight is 567 g/mol. The van der Waals surface area contributed by atoms with Crippen LogP contribution in [0.5, 0.6) is 0 Å². The van der Waals surface area contributed by atoms with Crippen molar-refractivity contribution in [2.24, 2.45) is 4.99 Å². The molecule has 5 rings (SSSR count). The molecule has 0 radical (unpaired) electrons. The summed E-state index contributed by atoms with van der Waals surface area (Å²) in [5.41, 5.74) is 12.5. The average Bonchev–Trinajstić information content (AvgIpc) is 3.36. The number of nitrogens with one attached hydrogen (secondary N) is 1. The number of nitrogens with zero attached hydrogens (tertiary/aromatic N) is 1. The van der Waals surface area contributed by atoms with Crippen molar-refractivity contribution >= 4 is 28.7 Å². The van der Waals surface area contributed by atoms with Crippen molar-refractivity contribution in [3.8, 4) is 0 Å². The zero-order valence-electron chi connectivity index (χ0n) is 26.0. The first-order valence-corrected chi connectivity index (χ1v) is 16.1. The summed E-state index contributed by atoms with van der Waals surface area (Å²) in [6.45, 7) is 13.7. The number of aryl methyl sites for hydroxylation is 2. The number of hydrogen-bond acceptors (Lipinski definition) is 2. The van der Waals surface area contributed by atoms with Crippen molar-refractivity contribution in [2.75, 3.05) is 5.32 Å². The van der Waals surface area contributed by atoms with E-state index in [1.165, 1.54) is 70.5 Å². The van der Waals surface area contributed by atoms with Crippen LogP contribution in [0.25, 0.3) is 0 Å². The highest BCUT2D eigenvalue weighted by molar-refractivity contribution is 6.32. The van der Waals surface area contributed by atoms with Crippen LogP contribution in [-0.4, -0.2) is 5.71 Å². The predicted molar refractivity (Wildman–Crippen MR) is 179 cm³/mol. The van der Waals surface area contributed by atoms with E-state index in [1.807, 2.05) is 0 Å². The predicted octanol–water partition coefficient (Wildman–Crippen LogP) is 11.2. The number of aliphatic imine (C=N–C) groups is 1. The Labute approximate surface area is 253 Å². The van der Waals surface area contributed by atoms with Gasteiger partial charge in [0.05, 0.1) is 11.4 Å². The fraction of sp³-hybridized carbons (Fsp3) is 0.447.